The summed E-state index contributed by atoms with van der Waals surface area (Å²) >= 11 is 6.09. The Balaban J connectivity index is 1.59. The van der Waals surface area contributed by atoms with Crippen LogP contribution in [-0.4, -0.2) is 51.2 Å². The molecule has 0 N–H and O–H groups in total. The topological polar surface area (TPSA) is 75.9 Å². The fourth-order valence-electron chi connectivity index (χ4n) is 3.53. The number of hydrogen-bond acceptors (Lipinski definition) is 6. The number of anilines is 1. The molecular weight excluding hydrogens is 426 g/mol. The molecule has 4 rings (SSSR count). The minimum absolute atomic E-state index is 0.118. The zero-order valence-corrected chi connectivity index (χ0v) is 18.3. The highest BCUT2D eigenvalue weighted by Crippen LogP contribution is 2.33. The van der Waals surface area contributed by atoms with Gasteiger partial charge in [-0.1, -0.05) is 22.8 Å². The molecule has 0 unspecified atom stereocenters. The molecule has 0 amide bonds. The number of nitrogens with zero attached hydrogens (tertiary/aromatic N) is 3. The molecule has 1 aliphatic rings. The fraction of sp³-hybridized carbons (Fsp3) is 0.286. The highest BCUT2D eigenvalue weighted by Gasteiger charge is 2.31. The smallest absolute Gasteiger partial charge is 0.246 e. The molecule has 0 aliphatic carbocycles. The van der Waals surface area contributed by atoms with Crippen molar-refractivity contribution in [1.29, 1.82) is 0 Å². The van der Waals surface area contributed by atoms with Crippen molar-refractivity contribution >= 4 is 27.3 Å². The summed E-state index contributed by atoms with van der Waals surface area (Å²) < 4.78 is 39.0. The van der Waals surface area contributed by atoms with Crippen LogP contribution in [0.15, 0.2) is 57.9 Å². The average molecular weight is 448 g/mol. The van der Waals surface area contributed by atoms with E-state index in [2.05, 4.69) is 10.1 Å². The normalized spacial score (nSPS) is 15.4. The maximum atomic E-state index is 13.4. The number of piperazine rings is 1. The Bertz CT molecular complexity index is 1150. The SMILES string of the molecule is COc1ccc(-c2cc(C)no2)cc1S(=O)(=O)N1CCN(c2cccc(Cl)c2)CC1. The molecule has 9 heteroatoms. The summed E-state index contributed by atoms with van der Waals surface area (Å²) in [6.07, 6.45) is 0. The third kappa shape index (κ3) is 4.03. The Kier molecular flexibility index (Phi) is 5.73. The van der Waals surface area contributed by atoms with Crippen LogP contribution in [0.1, 0.15) is 5.69 Å². The molecule has 2 heterocycles. The number of benzene rings is 2. The molecular formula is C21H22ClN3O4S. The number of hydrogen-bond donors (Lipinski definition) is 0. The van der Waals surface area contributed by atoms with E-state index in [0.717, 1.165) is 11.4 Å². The van der Waals surface area contributed by atoms with Gasteiger partial charge >= 0.3 is 0 Å². The lowest BCUT2D eigenvalue weighted by Crippen LogP contribution is -2.48. The van der Waals surface area contributed by atoms with E-state index in [-0.39, 0.29) is 4.90 Å². The first-order valence-electron chi connectivity index (χ1n) is 9.51. The van der Waals surface area contributed by atoms with Gasteiger partial charge in [-0.2, -0.15) is 4.31 Å². The predicted molar refractivity (Wildman–Crippen MR) is 116 cm³/mol. The van der Waals surface area contributed by atoms with Gasteiger partial charge in [0.05, 0.1) is 12.8 Å². The van der Waals surface area contributed by atoms with E-state index in [9.17, 15) is 8.42 Å². The third-order valence-electron chi connectivity index (χ3n) is 5.11. The number of methoxy groups -OCH3 is 1. The second kappa shape index (κ2) is 8.29. The molecule has 7 nitrogen and oxygen atoms in total. The minimum atomic E-state index is -3.75. The van der Waals surface area contributed by atoms with Crippen LogP contribution in [0.4, 0.5) is 5.69 Å². The Morgan fingerprint density at radius 3 is 2.47 bits per heavy atom. The van der Waals surface area contributed by atoms with E-state index in [1.807, 2.05) is 31.2 Å². The van der Waals surface area contributed by atoms with Gasteiger partial charge < -0.3 is 14.2 Å². The Hall–Kier alpha value is -2.55. The van der Waals surface area contributed by atoms with Gasteiger partial charge in [-0.3, -0.25) is 0 Å². The Morgan fingerprint density at radius 1 is 1.07 bits per heavy atom. The van der Waals surface area contributed by atoms with Gasteiger partial charge in [0.25, 0.3) is 0 Å². The maximum absolute atomic E-state index is 13.4. The molecule has 0 saturated carbocycles. The van der Waals surface area contributed by atoms with Crippen molar-refractivity contribution < 1.29 is 17.7 Å². The van der Waals surface area contributed by atoms with E-state index in [1.165, 1.54) is 11.4 Å². The summed E-state index contributed by atoms with van der Waals surface area (Å²) in [7, 11) is -2.29. The van der Waals surface area contributed by atoms with E-state index in [4.69, 9.17) is 20.9 Å². The predicted octanol–water partition coefficient (Wildman–Crippen LogP) is 3.82. The van der Waals surface area contributed by atoms with Gasteiger partial charge in [0.1, 0.15) is 10.6 Å². The number of aryl methyl sites for hydroxylation is 1. The molecule has 1 aromatic heterocycles. The molecule has 0 atom stereocenters. The largest absolute Gasteiger partial charge is 0.495 e. The highest BCUT2D eigenvalue weighted by atomic mass is 35.5. The lowest BCUT2D eigenvalue weighted by molar-refractivity contribution is 0.374. The number of aromatic nitrogens is 1. The summed E-state index contributed by atoms with van der Waals surface area (Å²) in [6.45, 7) is 3.69. The van der Waals surface area contributed by atoms with Crippen LogP contribution >= 0.6 is 11.6 Å². The van der Waals surface area contributed by atoms with Crippen molar-refractivity contribution in [3.05, 3.63) is 59.2 Å². The highest BCUT2D eigenvalue weighted by molar-refractivity contribution is 7.89. The molecule has 3 aromatic rings. The van der Waals surface area contributed by atoms with E-state index >= 15 is 0 Å². The molecule has 158 valence electrons. The third-order valence-corrected chi connectivity index (χ3v) is 7.26. The van der Waals surface area contributed by atoms with Crippen LogP contribution in [-0.2, 0) is 10.0 Å². The second-order valence-corrected chi connectivity index (χ2v) is 9.41. The zero-order chi connectivity index (χ0) is 21.3. The van der Waals surface area contributed by atoms with Crippen LogP contribution in [0, 0.1) is 6.92 Å². The summed E-state index contributed by atoms with van der Waals surface area (Å²) in [5.41, 5.74) is 2.34. The average Bonchev–Trinajstić information content (AvgIpc) is 3.19. The fourth-order valence-corrected chi connectivity index (χ4v) is 5.32. The van der Waals surface area contributed by atoms with Crippen LogP contribution in [0.25, 0.3) is 11.3 Å². The maximum Gasteiger partial charge on any atom is 0.246 e. The summed E-state index contributed by atoms with van der Waals surface area (Å²) in [5, 5.41) is 4.54. The van der Waals surface area contributed by atoms with Gasteiger partial charge in [0.2, 0.25) is 10.0 Å². The van der Waals surface area contributed by atoms with Crippen molar-refractivity contribution in [2.45, 2.75) is 11.8 Å². The first-order valence-corrected chi connectivity index (χ1v) is 11.3. The second-order valence-electron chi connectivity index (χ2n) is 7.07. The lowest BCUT2D eigenvalue weighted by atomic mass is 10.1. The molecule has 30 heavy (non-hydrogen) atoms. The molecule has 1 aliphatic heterocycles. The van der Waals surface area contributed by atoms with Gasteiger partial charge in [-0.15, -0.1) is 0 Å². The Morgan fingerprint density at radius 2 is 1.83 bits per heavy atom. The number of sulfonamides is 1. The van der Waals surface area contributed by atoms with Crippen molar-refractivity contribution in [3.8, 4) is 17.1 Å². The molecule has 1 saturated heterocycles. The molecule has 2 aromatic carbocycles. The van der Waals surface area contributed by atoms with E-state index in [1.54, 1.807) is 24.3 Å². The summed E-state index contributed by atoms with van der Waals surface area (Å²) in [5.74, 6) is 0.810. The molecule has 1 fully saturated rings. The standard InChI is InChI=1S/C21H22ClN3O4S/c1-15-12-20(29-23-15)16-6-7-19(28-2)21(13-16)30(26,27)25-10-8-24(9-11-25)18-5-3-4-17(22)14-18/h3-7,12-14H,8-11H2,1-2H3. The van der Waals surface area contributed by atoms with Crippen molar-refractivity contribution in [1.82, 2.24) is 9.46 Å². The quantitative estimate of drug-likeness (QED) is 0.591. The van der Waals surface area contributed by atoms with Crippen molar-refractivity contribution in [2.75, 3.05) is 38.2 Å². The number of rotatable bonds is 5. The van der Waals surface area contributed by atoms with Crippen LogP contribution in [0.5, 0.6) is 5.75 Å². The van der Waals surface area contributed by atoms with E-state index < -0.39 is 10.0 Å². The first kappa shape index (κ1) is 20.7. The van der Waals surface area contributed by atoms with Crippen LogP contribution < -0.4 is 9.64 Å². The van der Waals surface area contributed by atoms with Gasteiger partial charge in [0.15, 0.2) is 5.76 Å². The Labute approximate surface area is 180 Å². The summed E-state index contributed by atoms with van der Waals surface area (Å²) in [4.78, 5) is 2.25. The minimum Gasteiger partial charge on any atom is -0.495 e. The lowest BCUT2D eigenvalue weighted by Gasteiger charge is -2.35. The van der Waals surface area contributed by atoms with Gasteiger partial charge in [-0.05, 0) is 43.3 Å². The molecule has 0 spiro atoms. The van der Waals surface area contributed by atoms with Crippen LogP contribution in [0.2, 0.25) is 5.02 Å². The van der Waals surface area contributed by atoms with E-state index in [0.29, 0.717) is 48.3 Å². The monoisotopic (exact) mass is 447 g/mol. The van der Waals surface area contributed by atoms with Crippen molar-refractivity contribution in [2.24, 2.45) is 0 Å². The van der Waals surface area contributed by atoms with Gasteiger partial charge in [-0.25, -0.2) is 8.42 Å². The molecule has 0 radical (unpaired) electrons. The van der Waals surface area contributed by atoms with Gasteiger partial charge in [0, 0.05) is 48.5 Å². The molecule has 0 bridgehead atoms. The van der Waals surface area contributed by atoms with Crippen LogP contribution in [0.3, 0.4) is 0 Å². The number of halogens is 1. The first-order chi connectivity index (χ1) is 14.4. The van der Waals surface area contributed by atoms with Crippen molar-refractivity contribution in [3.63, 3.8) is 0 Å². The summed E-state index contributed by atoms with van der Waals surface area (Å²) in [6, 6.07) is 14.3. The zero-order valence-electron chi connectivity index (χ0n) is 16.7. The number of ether oxygens (including phenoxy) is 1.